The van der Waals surface area contributed by atoms with Gasteiger partial charge < -0.3 is 10.3 Å². The van der Waals surface area contributed by atoms with E-state index >= 15 is 0 Å². The fourth-order valence-electron chi connectivity index (χ4n) is 4.28. The van der Waals surface area contributed by atoms with Crippen molar-refractivity contribution in [2.45, 2.75) is 13.0 Å². The first-order valence-electron chi connectivity index (χ1n) is 10.4. The normalized spacial score (nSPS) is 14.8. The number of carbonyl (C=O) groups excluding carboxylic acids is 3. The lowest BCUT2D eigenvalue weighted by Crippen LogP contribution is -2.31. The molecule has 33 heavy (non-hydrogen) atoms. The monoisotopic (exact) mass is 478 g/mol. The summed E-state index contributed by atoms with van der Waals surface area (Å²) in [7, 11) is 0. The van der Waals surface area contributed by atoms with Crippen LogP contribution < -0.4 is 5.73 Å². The van der Waals surface area contributed by atoms with Crippen molar-refractivity contribution in [3.8, 4) is 11.3 Å². The summed E-state index contributed by atoms with van der Waals surface area (Å²) in [5.41, 5.74) is 9.05. The number of primary amides is 1. The van der Waals surface area contributed by atoms with E-state index in [0.29, 0.717) is 40.7 Å². The van der Waals surface area contributed by atoms with E-state index in [9.17, 15) is 14.4 Å². The van der Waals surface area contributed by atoms with Crippen LogP contribution in [0.3, 0.4) is 0 Å². The molecule has 166 valence electrons. The maximum absolute atomic E-state index is 12.6. The van der Waals surface area contributed by atoms with Crippen molar-refractivity contribution < 1.29 is 14.4 Å². The first kappa shape index (κ1) is 21.5. The van der Waals surface area contributed by atoms with Gasteiger partial charge in [-0.2, -0.15) is 0 Å². The van der Waals surface area contributed by atoms with Crippen molar-refractivity contribution in [2.75, 3.05) is 12.3 Å². The molecular weight excluding hydrogens is 460 g/mol. The van der Waals surface area contributed by atoms with Crippen molar-refractivity contribution in [1.29, 1.82) is 0 Å². The zero-order valence-corrected chi connectivity index (χ0v) is 19.0. The number of carbonyl (C=O) groups is 3. The molecule has 0 bridgehead atoms. The van der Waals surface area contributed by atoms with Crippen molar-refractivity contribution in [3.63, 3.8) is 0 Å². The molecule has 0 radical (unpaired) electrons. The summed E-state index contributed by atoms with van der Waals surface area (Å²) >= 11 is 8.15. The predicted molar refractivity (Wildman–Crippen MR) is 128 cm³/mol. The van der Waals surface area contributed by atoms with Crippen molar-refractivity contribution in [3.05, 3.63) is 81.1 Å². The van der Waals surface area contributed by atoms with Gasteiger partial charge in [-0.05, 0) is 41.7 Å². The van der Waals surface area contributed by atoms with Gasteiger partial charge in [0.15, 0.2) is 0 Å². The first-order chi connectivity index (χ1) is 16.0. The second kappa shape index (κ2) is 8.53. The fraction of sp³-hybridized carbons (Fsp3) is 0.167. The lowest BCUT2D eigenvalue weighted by atomic mass is 10.1. The van der Waals surface area contributed by atoms with E-state index in [-0.39, 0.29) is 17.4 Å². The molecule has 0 aliphatic carbocycles. The second-order valence-electron chi connectivity index (χ2n) is 7.70. The van der Waals surface area contributed by atoms with Crippen LogP contribution in [-0.4, -0.2) is 44.5 Å². The van der Waals surface area contributed by atoms with E-state index in [2.05, 4.69) is 4.98 Å². The molecular formula is C24H19ClN4O3S. The Hall–Kier alpha value is -3.36. The minimum atomic E-state index is -0.590. The van der Waals surface area contributed by atoms with Crippen LogP contribution in [0.1, 0.15) is 43.2 Å². The Bertz CT molecular complexity index is 1300. The molecule has 1 aromatic carbocycles. The number of thioether (sulfide) groups is 1. The number of nitrogens with zero attached hydrogens (tertiary/aromatic N) is 3. The highest BCUT2D eigenvalue weighted by atomic mass is 35.5. The van der Waals surface area contributed by atoms with Crippen LogP contribution in [0.4, 0.5) is 0 Å². The summed E-state index contributed by atoms with van der Waals surface area (Å²) in [6.45, 7) is 0.929. The average molecular weight is 479 g/mol. The number of aromatic nitrogens is 2. The Morgan fingerprint density at radius 3 is 2.48 bits per heavy atom. The van der Waals surface area contributed by atoms with Crippen LogP contribution >= 0.6 is 23.4 Å². The molecule has 7 nitrogen and oxygen atoms in total. The van der Waals surface area contributed by atoms with E-state index in [1.165, 1.54) is 4.90 Å². The van der Waals surface area contributed by atoms with Gasteiger partial charge in [-0.15, -0.1) is 11.8 Å². The quantitative estimate of drug-likeness (QED) is 0.538. The molecule has 5 rings (SSSR count). The second-order valence-corrected chi connectivity index (χ2v) is 9.30. The van der Waals surface area contributed by atoms with Crippen LogP contribution in [0.25, 0.3) is 17.3 Å². The third-order valence-electron chi connectivity index (χ3n) is 5.79. The summed E-state index contributed by atoms with van der Waals surface area (Å²) in [6.07, 6.45) is 6.03. The number of hydrogen-bond donors (Lipinski definition) is 1. The molecule has 2 aromatic heterocycles. The third kappa shape index (κ3) is 3.65. The van der Waals surface area contributed by atoms with Gasteiger partial charge in [0.05, 0.1) is 33.1 Å². The number of fused-ring (bicyclic) bond motifs is 2. The zero-order valence-electron chi connectivity index (χ0n) is 17.5. The maximum Gasteiger partial charge on any atom is 0.261 e. The van der Waals surface area contributed by atoms with Crippen LogP contribution in [0.5, 0.6) is 0 Å². The lowest BCUT2D eigenvalue weighted by Gasteiger charge is -2.20. The number of rotatable bonds is 6. The average Bonchev–Trinajstić information content (AvgIpc) is 3.25. The topological polar surface area (TPSA) is 98.3 Å². The standard InChI is InChI=1S/C24H19ClN4O3S/c25-20-19(22(26)30)18-12-15(7-9-28(18)21(20)14-4-3-8-27-13-14)33-11-10-29-23(31)16-5-1-2-6-17(16)24(29)32/h1-6,8,12-13H,7,9-11H2,(H2,26,30). The zero-order chi connectivity index (χ0) is 23.1. The highest BCUT2D eigenvalue weighted by molar-refractivity contribution is 8.03. The van der Waals surface area contributed by atoms with Gasteiger partial charge >= 0.3 is 0 Å². The van der Waals surface area contributed by atoms with E-state index in [1.54, 1.807) is 48.4 Å². The van der Waals surface area contributed by atoms with E-state index in [4.69, 9.17) is 17.3 Å². The number of hydrogen-bond acceptors (Lipinski definition) is 5. The van der Waals surface area contributed by atoms with E-state index in [0.717, 1.165) is 22.6 Å². The molecule has 0 saturated carbocycles. The van der Waals surface area contributed by atoms with Gasteiger partial charge in [-0.3, -0.25) is 24.3 Å². The number of imide groups is 1. The molecule has 0 spiro atoms. The van der Waals surface area contributed by atoms with E-state index < -0.39 is 5.91 Å². The SMILES string of the molecule is NC(=O)c1c(Cl)c(-c2cccnc2)n2c1C=C(SCCN1C(=O)c3ccccc3C1=O)CC2. The molecule has 0 fully saturated rings. The number of amides is 3. The maximum atomic E-state index is 12.6. The number of pyridine rings is 1. The Morgan fingerprint density at radius 2 is 1.85 bits per heavy atom. The van der Waals surface area contributed by atoms with Crippen LogP contribution in [0.15, 0.2) is 53.7 Å². The first-order valence-corrected chi connectivity index (χ1v) is 11.7. The molecule has 2 N–H and O–H groups in total. The summed E-state index contributed by atoms with van der Waals surface area (Å²) in [5, 5.41) is 0.319. The Balaban J connectivity index is 1.37. The molecule has 0 saturated heterocycles. The highest BCUT2D eigenvalue weighted by Gasteiger charge is 2.34. The Kier molecular flexibility index (Phi) is 5.55. The van der Waals surface area contributed by atoms with Crippen LogP contribution in [0, 0.1) is 0 Å². The summed E-state index contributed by atoms with van der Waals surface area (Å²) < 4.78 is 1.99. The van der Waals surface area contributed by atoms with Gasteiger partial charge in [0.25, 0.3) is 17.7 Å². The predicted octanol–water partition coefficient (Wildman–Crippen LogP) is 4.08. The Morgan fingerprint density at radius 1 is 1.12 bits per heavy atom. The van der Waals surface area contributed by atoms with Crippen LogP contribution in [-0.2, 0) is 6.54 Å². The molecule has 4 heterocycles. The molecule has 0 atom stereocenters. The summed E-state index contributed by atoms with van der Waals surface area (Å²) in [5.74, 6) is -0.557. The van der Waals surface area contributed by atoms with Gasteiger partial charge in [0.1, 0.15) is 0 Å². The molecule has 3 amide bonds. The van der Waals surface area contributed by atoms with E-state index in [1.807, 2.05) is 22.8 Å². The van der Waals surface area contributed by atoms with Crippen LogP contribution in [0.2, 0.25) is 5.02 Å². The molecule has 2 aliphatic rings. The van der Waals surface area contributed by atoms with Gasteiger partial charge in [0, 0.05) is 36.8 Å². The smallest absolute Gasteiger partial charge is 0.261 e. The summed E-state index contributed by atoms with van der Waals surface area (Å²) in [4.78, 5) is 43.8. The lowest BCUT2D eigenvalue weighted by molar-refractivity contribution is 0.0664. The van der Waals surface area contributed by atoms with Crippen molar-refractivity contribution in [2.24, 2.45) is 5.73 Å². The Labute approximate surface area is 199 Å². The summed E-state index contributed by atoms with van der Waals surface area (Å²) in [6, 6.07) is 10.6. The highest BCUT2D eigenvalue weighted by Crippen LogP contribution is 2.40. The minimum absolute atomic E-state index is 0.258. The molecule has 9 heteroatoms. The van der Waals surface area contributed by atoms with Gasteiger partial charge in [-0.1, -0.05) is 23.7 Å². The number of benzene rings is 1. The van der Waals surface area contributed by atoms with Crippen molar-refractivity contribution in [1.82, 2.24) is 14.5 Å². The number of halogens is 1. The largest absolute Gasteiger partial charge is 0.365 e. The van der Waals surface area contributed by atoms with Crippen molar-refractivity contribution >= 4 is 47.2 Å². The number of nitrogens with two attached hydrogens (primary N) is 1. The fourth-order valence-corrected chi connectivity index (χ4v) is 5.65. The minimum Gasteiger partial charge on any atom is -0.365 e. The third-order valence-corrected chi connectivity index (χ3v) is 7.23. The molecule has 0 unspecified atom stereocenters. The van der Waals surface area contributed by atoms with Gasteiger partial charge in [0.2, 0.25) is 0 Å². The number of allylic oxidation sites excluding steroid dienone is 1. The molecule has 2 aliphatic heterocycles. The molecule has 3 aromatic rings. The van der Waals surface area contributed by atoms with Gasteiger partial charge in [-0.25, -0.2) is 0 Å².